The molecule has 0 aliphatic heterocycles. The summed E-state index contributed by atoms with van der Waals surface area (Å²) in [4.78, 5) is 0. The van der Waals surface area contributed by atoms with Gasteiger partial charge in [-0.15, -0.1) is 0 Å². The Morgan fingerprint density at radius 1 is 1.29 bits per heavy atom. The molecule has 0 heterocycles. The van der Waals surface area contributed by atoms with Crippen LogP contribution < -0.4 is 9.47 Å². The van der Waals surface area contributed by atoms with Gasteiger partial charge in [-0.25, -0.2) is 0 Å². The van der Waals surface area contributed by atoms with E-state index in [2.05, 4.69) is 32.8 Å². The van der Waals surface area contributed by atoms with Crippen LogP contribution in [0.25, 0.3) is 0 Å². The molecule has 1 rings (SSSR count). The normalized spacial score (nSPS) is 11.4. The molecule has 0 spiro atoms. The van der Waals surface area contributed by atoms with Crippen molar-refractivity contribution in [1.29, 1.82) is 0 Å². The molecule has 0 bridgehead atoms. The van der Waals surface area contributed by atoms with E-state index in [0.29, 0.717) is 6.61 Å². The first kappa shape index (κ1) is 14.8. The highest BCUT2D eigenvalue weighted by atomic mass is 127. The fourth-order valence-corrected chi connectivity index (χ4v) is 1.99. The summed E-state index contributed by atoms with van der Waals surface area (Å²) in [5, 5.41) is 0. The predicted octanol–water partition coefficient (Wildman–Crippen LogP) is 3.82. The minimum absolute atomic E-state index is 0.214. The van der Waals surface area contributed by atoms with E-state index in [4.69, 9.17) is 9.47 Å². The molecule has 0 aromatic heterocycles. The van der Waals surface area contributed by atoms with Crippen LogP contribution in [-0.2, 0) is 0 Å². The SMILES string of the molecule is CC(C)(C)Oc1c(I)cccc1OCCC[Si]. The lowest BCUT2D eigenvalue weighted by atomic mass is 10.2. The van der Waals surface area contributed by atoms with E-state index >= 15 is 0 Å². The van der Waals surface area contributed by atoms with Crippen LogP contribution >= 0.6 is 22.6 Å². The van der Waals surface area contributed by atoms with Crippen molar-refractivity contribution in [3.05, 3.63) is 21.8 Å². The number of hydrogen-bond acceptors (Lipinski definition) is 2. The Labute approximate surface area is 121 Å². The smallest absolute Gasteiger partial charge is 0.175 e. The number of hydrogen-bond donors (Lipinski definition) is 0. The average molecular weight is 361 g/mol. The van der Waals surface area contributed by atoms with Crippen LogP contribution in [0.1, 0.15) is 27.2 Å². The third kappa shape index (κ3) is 5.29. The van der Waals surface area contributed by atoms with Gasteiger partial charge in [0.25, 0.3) is 0 Å². The number of rotatable bonds is 5. The molecule has 0 atom stereocenters. The maximum Gasteiger partial charge on any atom is 0.175 e. The van der Waals surface area contributed by atoms with Gasteiger partial charge in [0.15, 0.2) is 11.5 Å². The van der Waals surface area contributed by atoms with Crippen LogP contribution in [0.4, 0.5) is 0 Å². The van der Waals surface area contributed by atoms with Crippen molar-refractivity contribution in [2.24, 2.45) is 0 Å². The predicted molar refractivity (Wildman–Crippen MR) is 80.2 cm³/mol. The van der Waals surface area contributed by atoms with E-state index in [9.17, 15) is 0 Å². The summed E-state index contributed by atoms with van der Waals surface area (Å²) in [7, 11) is 3.44. The highest BCUT2D eigenvalue weighted by Crippen LogP contribution is 2.34. The lowest BCUT2D eigenvalue weighted by Gasteiger charge is -2.24. The fourth-order valence-electron chi connectivity index (χ4n) is 1.26. The summed E-state index contributed by atoms with van der Waals surface area (Å²) < 4.78 is 12.8. The number of ether oxygens (including phenoxy) is 2. The lowest BCUT2D eigenvalue weighted by molar-refractivity contribution is 0.122. The van der Waals surface area contributed by atoms with Crippen LogP contribution in [0.2, 0.25) is 6.04 Å². The molecule has 0 amide bonds. The first-order chi connectivity index (χ1) is 7.94. The summed E-state index contributed by atoms with van der Waals surface area (Å²) >= 11 is 2.27. The highest BCUT2D eigenvalue weighted by molar-refractivity contribution is 14.1. The van der Waals surface area contributed by atoms with Gasteiger partial charge in [0.05, 0.1) is 10.2 Å². The number of para-hydroxylation sites is 1. The van der Waals surface area contributed by atoms with Crippen LogP contribution in [-0.4, -0.2) is 22.5 Å². The van der Waals surface area contributed by atoms with Crippen molar-refractivity contribution in [2.45, 2.75) is 38.8 Å². The molecule has 0 saturated heterocycles. The molecule has 1 aromatic rings. The summed E-state index contributed by atoms with van der Waals surface area (Å²) in [5.41, 5.74) is -0.214. The van der Waals surface area contributed by atoms with Gasteiger partial charge in [-0.2, -0.15) is 0 Å². The van der Waals surface area contributed by atoms with Crippen LogP contribution in [0.3, 0.4) is 0 Å². The molecule has 93 valence electrons. The van der Waals surface area contributed by atoms with E-state index in [1.165, 1.54) is 0 Å². The molecule has 0 N–H and O–H groups in total. The van der Waals surface area contributed by atoms with E-state index in [1.54, 1.807) is 0 Å². The van der Waals surface area contributed by atoms with Crippen molar-refractivity contribution in [1.82, 2.24) is 0 Å². The second-order valence-corrected chi connectivity index (χ2v) is 6.40. The maximum atomic E-state index is 5.95. The zero-order chi connectivity index (χ0) is 12.9. The van der Waals surface area contributed by atoms with Crippen LogP contribution in [0, 0.1) is 3.57 Å². The third-order valence-corrected chi connectivity index (χ3v) is 3.12. The van der Waals surface area contributed by atoms with Crippen LogP contribution in [0.5, 0.6) is 11.5 Å². The molecular weight excluding hydrogens is 343 g/mol. The summed E-state index contributed by atoms with van der Waals surface area (Å²) in [6.07, 6.45) is 0.983. The van der Waals surface area contributed by atoms with Crippen molar-refractivity contribution in [3.63, 3.8) is 0 Å². The molecule has 0 aliphatic carbocycles. The minimum Gasteiger partial charge on any atom is -0.490 e. The Morgan fingerprint density at radius 2 is 2.00 bits per heavy atom. The van der Waals surface area contributed by atoms with Gasteiger partial charge in [0.2, 0.25) is 0 Å². The Kier molecular flexibility index (Phi) is 5.79. The van der Waals surface area contributed by atoms with E-state index in [-0.39, 0.29) is 5.60 Å². The van der Waals surface area contributed by atoms with Crippen molar-refractivity contribution in [2.75, 3.05) is 6.61 Å². The van der Waals surface area contributed by atoms with E-state index < -0.39 is 0 Å². The molecule has 0 fully saturated rings. The number of halogens is 1. The Morgan fingerprint density at radius 3 is 2.59 bits per heavy atom. The standard InChI is InChI=1S/C13H18IO2Si/c1-13(2,3)16-12-10(14)6-4-7-11(12)15-8-5-9-17/h4,6-7H,5,8-9H2,1-3H3. The van der Waals surface area contributed by atoms with Crippen molar-refractivity contribution < 1.29 is 9.47 Å². The van der Waals surface area contributed by atoms with Crippen LogP contribution in [0.15, 0.2) is 18.2 Å². The topological polar surface area (TPSA) is 18.5 Å². The molecule has 0 saturated carbocycles. The second kappa shape index (κ2) is 6.63. The van der Waals surface area contributed by atoms with Gasteiger partial charge in [0.1, 0.15) is 5.60 Å². The first-order valence-electron chi connectivity index (χ1n) is 5.69. The molecule has 4 heteroatoms. The van der Waals surface area contributed by atoms with Gasteiger partial charge in [0, 0.05) is 10.2 Å². The molecule has 0 unspecified atom stereocenters. The lowest BCUT2D eigenvalue weighted by Crippen LogP contribution is -2.24. The van der Waals surface area contributed by atoms with Gasteiger partial charge in [-0.05, 0) is 61.9 Å². The quantitative estimate of drug-likeness (QED) is 0.451. The van der Waals surface area contributed by atoms with Gasteiger partial charge < -0.3 is 9.47 Å². The monoisotopic (exact) mass is 361 g/mol. The largest absolute Gasteiger partial charge is 0.490 e. The van der Waals surface area contributed by atoms with Gasteiger partial charge >= 0.3 is 0 Å². The molecule has 1 aromatic carbocycles. The van der Waals surface area contributed by atoms with E-state index in [1.807, 2.05) is 39.0 Å². The molecular formula is C13H18IO2Si. The van der Waals surface area contributed by atoms with Crippen molar-refractivity contribution in [3.8, 4) is 11.5 Å². The molecule has 0 aliphatic rings. The Hall–Kier alpha value is -0.233. The first-order valence-corrected chi connectivity index (χ1v) is 7.47. The zero-order valence-corrected chi connectivity index (χ0v) is 13.7. The molecule has 2 nitrogen and oxygen atoms in total. The summed E-state index contributed by atoms with van der Waals surface area (Å²) in [6, 6.07) is 6.91. The molecule has 17 heavy (non-hydrogen) atoms. The fraction of sp³-hybridized carbons (Fsp3) is 0.538. The highest BCUT2D eigenvalue weighted by Gasteiger charge is 2.17. The maximum absolute atomic E-state index is 5.95. The molecule has 3 radical (unpaired) electrons. The summed E-state index contributed by atoms with van der Waals surface area (Å²) in [5.74, 6) is 1.67. The van der Waals surface area contributed by atoms with E-state index in [0.717, 1.165) is 27.5 Å². The van der Waals surface area contributed by atoms with Crippen molar-refractivity contribution >= 4 is 32.8 Å². The Balaban J connectivity index is 2.84. The Bertz CT molecular complexity index is 361. The second-order valence-electron chi connectivity index (χ2n) is 4.73. The van der Waals surface area contributed by atoms with Gasteiger partial charge in [-0.1, -0.05) is 12.1 Å². The summed E-state index contributed by atoms with van der Waals surface area (Å²) in [6.45, 7) is 6.82. The minimum atomic E-state index is -0.214. The van der Waals surface area contributed by atoms with Gasteiger partial charge in [-0.3, -0.25) is 0 Å². The third-order valence-electron chi connectivity index (χ3n) is 1.92. The number of benzene rings is 1. The zero-order valence-electron chi connectivity index (χ0n) is 10.5. The average Bonchev–Trinajstić information content (AvgIpc) is 2.21.